The van der Waals surface area contributed by atoms with Crippen molar-refractivity contribution in [2.45, 2.75) is 6.10 Å². The molecule has 1 fully saturated rings. The minimum atomic E-state index is -0.258. The summed E-state index contributed by atoms with van der Waals surface area (Å²) in [6, 6.07) is 0. The lowest BCUT2D eigenvalue weighted by Gasteiger charge is -2.32. The van der Waals surface area contributed by atoms with E-state index in [1.165, 1.54) is 0 Å². The van der Waals surface area contributed by atoms with E-state index in [-0.39, 0.29) is 12.8 Å². The Morgan fingerprint density at radius 3 is 3.17 bits per heavy atom. The van der Waals surface area contributed by atoms with Gasteiger partial charge in [-0.05, 0) is 7.05 Å². The third-order valence-corrected chi connectivity index (χ3v) is 2.06. The molecule has 4 heteroatoms. The van der Waals surface area contributed by atoms with Crippen molar-refractivity contribution in [2.24, 2.45) is 0 Å². The third-order valence-electron chi connectivity index (χ3n) is 2.06. The maximum atomic E-state index is 12.0. The quantitative estimate of drug-likeness (QED) is 0.646. The molecule has 0 saturated carbocycles. The second-order valence-electron chi connectivity index (χ2n) is 3.04. The number of likely N-dealkylation sites (N-methyl/N-ethyl adjacent to an activating group) is 1. The number of nitrogens with one attached hydrogen (secondary N) is 1. The van der Waals surface area contributed by atoms with E-state index in [1.54, 1.807) is 0 Å². The minimum Gasteiger partial charge on any atom is -0.374 e. The predicted molar refractivity (Wildman–Crippen MR) is 46.1 cm³/mol. The van der Waals surface area contributed by atoms with Crippen LogP contribution in [0.2, 0.25) is 0 Å². The summed E-state index contributed by atoms with van der Waals surface area (Å²) < 4.78 is 17.5. The van der Waals surface area contributed by atoms with Gasteiger partial charge in [0.25, 0.3) is 0 Å². The normalized spacial score (nSPS) is 26.0. The van der Waals surface area contributed by atoms with Gasteiger partial charge in [0.2, 0.25) is 0 Å². The number of ether oxygens (including phenoxy) is 1. The second kappa shape index (κ2) is 5.45. The van der Waals surface area contributed by atoms with Gasteiger partial charge in [-0.25, -0.2) is 4.39 Å². The molecule has 0 aromatic heterocycles. The van der Waals surface area contributed by atoms with Gasteiger partial charge in [0.15, 0.2) is 0 Å². The van der Waals surface area contributed by atoms with Crippen LogP contribution >= 0.6 is 0 Å². The summed E-state index contributed by atoms with van der Waals surface area (Å²) in [5.74, 6) is 0. The molecular formula is C8H17FN2O. The van der Waals surface area contributed by atoms with Crippen LogP contribution in [0.25, 0.3) is 0 Å². The molecule has 1 saturated heterocycles. The highest BCUT2D eigenvalue weighted by atomic mass is 19.1. The molecule has 0 aliphatic carbocycles. The zero-order valence-corrected chi connectivity index (χ0v) is 7.55. The molecule has 0 aromatic carbocycles. The van der Waals surface area contributed by atoms with E-state index in [4.69, 9.17) is 4.74 Å². The Morgan fingerprint density at radius 2 is 2.50 bits per heavy atom. The molecule has 0 aromatic rings. The Morgan fingerprint density at radius 1 is 1.67 bits per heavy atom. The smallest absolute Gasteiger partial charge is 0.102 e. The highest BCUT2D eigenvalue weighted by Crippen LogP contribution is 2.03. The van der Waals surface area contributed by atoms with E-state index >= 15 is 0 Å². The lowest BCUT2D eigenvalue weighted by Crippen LogP contribution is -2.46. The SMILES string of the molecule is CNCC1CN(CCF)CCO1. The first-order valence-corrected chi connectivity index (χ1v) is 4.41. The van der Waals surface area contributed by atoms with Crippen LogP contribution in [0.15, 0.2) is 0 Å². The van der Waals surface area contributed by atoms with Crippen LogP contribution in [0.3, 0.4) is 0 Å². The van der Waals surface area contributed by atoms with Gasteiger partial charge in [-0.1, -0.05) is 0 Å². The molecule has 1 N–H and O–H groups in total. The molecule has 1 unspecified atom stereocenters. The lowest BCUT2D eigenvalue weighted by molar-refractivity contribution is -0.0275. The summed E-state index contributed by atoms with van der Waals surface area (Å²) in [6.45, 7) is 3.58. The first-order valence-electron chi connectivity index (χ1n) is 4.41. The Balaban J connectivity index is 2.20. The van der Waals surface area contributed by atoms with Crippen molar-refractivity contribution >= 4 is 0 Å². The highest BCUT2D eigenvalue weighted by Gasteiger charge is 2.18. The van der Waals surface area contributed by atoms with Gasteiger partial charge < -0.3 is 10.1 Å². The van der Waals surface area contributed by atoms with Crippen LogP contribution in [-0.2, 0) is 4.74 Å². The van der Waals surface area contributed by atoms with Crippen LogP contribution in [0.1, 0.15) is 0 Å². The van der Waals surface area contributed by atoms with Crippen molar-refractivity contribution in [3.05, 3.63) is 0 Å². The number of morpholine rings is 1. The first kappa shape index (κ1) is 9.89. The van der Waals surface area contributed by atoms with Crippen molar-refractivity contribution in [2.75, 3.05) is 46.5 Å². The summed E-state index contributed by atoms with van der Waals surface area (Å²) in [5.41, 5.74) is 0. The molecule has 0 radical (unpaired) electrons. The van der Waals surface area contributed by atoms with E-state index in [0.29, 0.717) is 6.54 Å². The molecule has 0 spiro atoms. The maximum Gasteiger partial charge on any atom is 0.102 e. The number of hydrogen-bond donors (Lipinski definition) is 1. The van der Waals surface area contributed by atoms with E-state index < -0.39 is 0 Å². The number of nitrogens with zero attached hydrogens (tertiary/aromatic N) is 1. The molecular weight excluding hydrogens is 159 g/mol. The van der Waals surface area contributed by atoms with Gasteiger partial charge >= 0.3 is 0 Å². The van der Waals surface area contributed by atoms with Crippen molar-refractivity contribution in [3.63, 3.8) is 0 Å². The van der Waals surface area contributed by atoms with Crippen molar-refractivity contribution in [1.82, 2.24) is 10.2 Å². The third kappa shape index (κ3) is 3.05. The monoisotopic (exact) mass is 176 g/mol. The molecule has 0 bridgehead atoms. The summed E-state index contributed by atoms with van der Waals surface area (Å²) in [6.07, 6.45) is 0.232. The zero-order valence-electron chi connectivity index (χ0n) is 7.55. The fourth-order valence-electron chi connectivity index (χ4n) is 1.45. The summed E-state index contributed by atoms with van der Waals surface area (Å²) >= 11 is 0. The maximum absolute atomic E-state index is 12.0. The molecule has 72 valence electrons. The van der Waals surface area contributed by atoms with Gasteiger partial charge in [-0.15, -0.1) is 0 Å². The zero-order chi connectivity index (χ0) is 8.81. The summed E-state index contributed by atoms with van der Waals surface area (Å²) in [5, 5.41) is 3.05. The van der Waals surface area contributed by atoms with Gasteiger partial charge in [0, 0.05) is 26.2 Å². The Labute approximate surface area is 72.9 Å². The van der Waals surface area contributed by atoms with Crippen LogP contribution in [0.5, 0.6) is 0 Å². The summed E-state index contributed by atoms with van der Waals surface area (Å²) in [4.78, 5) is 2.10. The molecule has 1 aliphatic rings. The van der Waals surface area contributed by atoms with Crippen LogP contribution < -0.4 is 5.32 Å². The lowest BCUT2D eigenvalue weighted by atomic mass is 10.2. The summed E-state index contributed by atoms with van der Waals surface area (Å²) in [7, 11) is 1.90. The highest BCUT2D eigenvalue weighted by molar-refractivity contribution is 4.72. The Kier molecular flexibility index (Phi) is 4.50. The number of rotatable bonds is 4. The van der Waals surface area contributed by atoms with E-state index in [1.807, 2.05) is 7.05 Å². The number of alkyl halides is 1. The van der Waals surface area contributed by atoms with Gasteiger partial charge in [0.1, 0.15) is 6.67 Å². The molecule has 3 nitrogen and oxygen atoms in total. The molecule has 1 heterocycles. The van der Waals surface area contributed by atoms with Crippen molar-refractivity contribution in [1.29, 1.82) is 0 Å². The topological polar surface area (TPSA) is 24.5 Å². The molecule has 1 atom stereocenters. The largest absolute Gasteiger partial charge is 0.374 e. The second-order valence-corrected chi connectivity index (χ2v) is 3.04. The van der Waals surface area contributed by atoms with Crippen molar-refractivity contribution < 1.29 is 9.13 Å². The Hall–Kier alpha value is -0.190. The van der Waals surface area contributed by atoms with Gasteiger partial charge in [-0.3, -0.25) is 4.90 Å². The van der Waals surface area contributed by atoms with Crippen molar-refractivity contribution in [3.8, 4) is 0 Å². The standard InChI is InChI=1S/C8H17FN2O/c1-10-6-8-7-11(3-2-9)4-5-12-8/h8,10H,2-7H2,1H3. The number of halogens is 1. The van der Waals surface area contributed by atoms with E-state index in [2.05, 4.69) is 10.2 Å². The average molecular weight is 176 g/mol. The molecule has 12 heavy (non-hydrogen) atoms. The fourth-order valence-corrected chi connectivity index (χ4v) is 1.45. The Bertz CT molecular complexity index is 108. The van der Waals surface area contributed by atoms with Crippen LogP contribution in [0.4, 0.5) is 4.39 Å². The fraction of sp³-hybridized carbons (Fsp3) is 1.00. The van der Waals surface area contributed by atoms with E-state index in [0.717, 1.165) is 26.2 Å². The molecule has 0 amide bonds. The van der Waals surface area contributed by atoms with Gasteiger partial charge in [-0.2, -0.15) is 0 Å². The van der Waals surface area contributed by atoms with Gasteiger partial charge in [0.05, 0.1) is 12.7 Å². The van der Waals surface area contributed by atoms with Crippen LogP contribution in [0, 0.1) is 0 Å². The predicted octanol–water partition coefficient (Wildman–Crippen LogP) is -0.124. The van der Waals surface area contributed by atoms with E-state index in [9.17, 15) is 4.39 Å². The molecule has 1 rings (SSSR count). The molecule has 1 aliphatic heterocycles. The first-order chi connectivity index (χ1) is 5.86. The average Bonchev–Trinajstić information content (AvgIpc) is 2.06. The minimum absolute atomic E-state index is 0.232. The number of hydrogen-bond acceptors (Lipinski definition) is 3. The van der Waals surface area contributed by atoms with Crippen LogP contribution in [-0.4, -0.2) is 57.5 Å².